The molecule has 0 radical (unpaired) electrons. The maximum atomic E-state index is 3.61. The molecule has 3 heteroatoms. The van der Waals surface area contributed by atoms with Crippen molar-refractivity contribution in [3.8, 4) is 0 Å². The van der Waals surface area contributed by atoms with Gasteiger partial charge in [-0.15, -0.1) is 0 Å². The van der Waals surface area contributed by atoms with E-state index in [2.05, 4.69) is 42.9 Å². The molecule has 1 aliphatic rings. The quantitative estimate of drug-likeness (QED) is 0.763. The van der Waals surface area contributed by atoms with Gasteiger partial charge in [0.25, 0.3) is 0 Å². The van der Waals surface area contributed by atoms with Crippen molar-refractivity contribution in [2.75, 3.05) is 46.3 Å². The highest BCUT2D eigenvalue weighted by Crippen LogP contribution is 2.08. The molecule has 1 unspecified atom stereocenters. The zero-order chi connectivity index (χ0) is 12.7. The molecular formula is C14H31N3. The third kappa shape index (κ3) is 5.84. The normalized spacial score (nSPS) is 21.7. The van der Waals surface area contributed by atoms with Gasteiger partial charge < -0.3 is 10.2 Å². The summed E-state index contributed by atoms with van der Waals surface area (Å²) in [6.45, 7) is 14.1. The molecule has 0 aromatic heterocycles. The van der Waals surface area contributed by atoms with Gasteiger partial charge in [-0.3, -0.25) is 4.90 Å². The second kappa shape index (κ2) is 8.06. The van der Waals surface area contributed by atoms with Crippen molar-refractivity contribution in [1.29, 1.82) is 0 Å². The Morgan fingerprint density at radius 1 is 1.06 bits per heavy atom. The van der Waals surface area contributed by atoms with E-state index >= 15 is 0 Å². The third-order valence-electron chi connectivity index (χ3n) is 3.67. The smallest absolute Gasteiger partial charge is 0.0218 e. The van der Waals surface area contributed by atoms with Crippen LogP contribution in [0.25, 0.3) is 0 Å². The highest BCUT2D eigenvalue weighted by atomic mass is 15.2. The molecule has 1 saturated heterocycles. The van der Waals surface area contributed by atoms with Gasteiger partial charge in [-0.2, -0.15) is 0 Å². The van der Waals surface area contributed by atoms with Crippen molar-refractivity contribution >= 4 is 0 Å². The maximum absolute atomic E-state index is 3.61. The lowest BCUT2D eigenvalue weighted by molar-refractivity contribution is 0.191. The fourth-order valence-corrected chi connectivity index (χ4v) is 2.50. The molecule has 1 heterocycles. The van der Waals surface area contributed by atoms with Gasteiger partial charge in [-0.05, 0) is 45.4 Å². The van der Waals surface area contributed by atoms with Crippen molar-refractivity contribution in [3.05, 3.63) is 0 Å². The molecule has 17 heavy (non-hydrogen) atoms. The molecule has 1 rings (SSSR count). The van der Waals surface area contributed by atoms with Crippen LogP contribution in [-0.2, 0) is 0 Å². The number of hydrogen-bond acceptors (Lipinski definition) is 3. The Bertz CT molecular complexity index is 194. The van der Waals surface area contributed by atoms with E-state index in [0.29, 0.717) is 0 Å². The predicted octanol–water partition coefficient (Wildman–Crippen LogP) is 1.65. The average molecular weight is 241 g/mol. The summed E-state index contributed by atoms with van der Waals surface area (Å²) < 4.78 is 0. The number of hydrogen-bond donors (Lipinski definition) is 1. The summed E-state index contributed by atoms with van der Waals surface area (Å²) >= 11 is 0. The van der Waals surface area contributed by atoms with Gasteiger partial charge in [-0.25, -0.2) is 0 Å². The average Bonchev–Trinajstić information content (AvgIpc) is 2.49. The van der Waals surface area contributed by atoms with Crippen molar-refractivity contribution in [3.63, 3.8) is 0 Å². The number of rotatable bonds is 6. The molecule has 0 aromatic carbocycles. The van der Waals surface area contributed by atoms with Gasteiger partial charge in [0, 0.05) is 25.7 Å². The molecule has 1 fully saturated rings. The summed E-state index contributed by atoms with van der Waals surface area (Å²) in [4.78, 5) is 5.13. The highest BCUT2D eigenvalue weighted by molar-refractivity contribution is 4.76. The Morgan fingerprint density at radius 2 is 1.82 bits per heavy atom. The van der Waals surface area contributed by atoms with E-state index < -0.39 is 0 Å². The predicted molar refractivity (Wildman–Crippen MR) is 75.5 cm³/mol. The second-order valence-corrected chi connectivity index (χ2v) is 5.81. The van der Waals surface area contributed by atoms with E-state index in [1.807, 2.05) is 0 Å². The van der Waals surface area contributed by atoms with Crippen LogP contribution in [0, 0.1) is 5.92 Å². The van der Waals surface area contributed by atoms with Crippen molar-refractivity contribution in [2.24, 2.45) is 5.92 Å². The third-order valence-corrected chi connectivity index (χ3v) is 3.67. The van der Waals surface area contributed by atoms with Gasteiger partial charge in [0.05, 0.1) is 0 Å². The van der Waals surface area contributed by atoms with Gasteiger partial charge in [0.15, 0.2) is 0 Å². The fourth-order valence-electron chi connectivity index (χ4n) is 2.50. The van der Waals surface area contributed by atoms with Gasteiger partial charge >= 0.3 is 0 Å². The Balaban J connectivity index is 2.32. The van der Waals surface area contributed by atoms with Crippen molar-refractivity contribution in [2.45, 2.75) is 39.7 Å². The lowest BCUT2D eigenvalue weighted by Gasteiger charge is -2.30. The Kier molecular flexibility index (Phi) is 7.09. The minimum absolute atomic E-state index is 0.722. The Hall–Kier alpha value is -0.120. The van der Waals surface area contributed by atoms with E-state index in [0.717, 1.165) is 25.0 Å². The molecule has 0 aromatic rings. The molecule has 0 spiro atoms. The van der Waals surface area contributed by atoms with Gasteiger partial charge in [0.2, 0.25) is 0 Å². The van der Waals surface area contributed by atoms with Gasteiger partial charge in [0.1, 0.15) is 0 Å². The first-order valence-electron chi connectivity index (χ1n) is 7.26. The van der Waals surface area contributed by atoms with Crippen molar-refractivity contribution in [1.82, 2.24) is 15.1 Å². The summed E-state index contributed by atoms with van der Waals surface area (Å²) in [6, 6.07) is 0.722. The van der Waals surface area contributed by atoms with Crippen molar-refractivity contribution < 1.29 is 0 Å². The molecule has 0 aliphatic carbocycles. The number of nitrogens with zero attached hydrogens (tertiary/aromatic N) is 2. The maximum Gasteiger partial charge on any atom is 0.0218 e. The molecular weight excluding hydrogens is 210 g/mol. The first kappa shape index (κ1) is 14.9. The van der Waals surface area contributed by atoms with Crippen LogP contribution >= 0.6 is 0 Å². The highest BCUT2D eigenvalue weighted by Gasteiger charge is 2.19. The monoisotopic (exact) mass is 241 g/mol. The minimum Gasteiger partial charge on any atom is -0.315 e. The van der Waals surface area contributed by atoms with Crippen LogP contribution in [0.5, 0.6) is 0 Å². The molecule has 0 saturated carbocycles. The van der Waals surface area contributed by atoms with E-state index in [1.165, 1.54) is 39.0 Å². The summed E-state index contributed by atoms with van der Waals surface area (Å²) in [5.41, 5.74) is 0. The summed E-state index contributed by atoms with van der Waals surface area (Å²) in [5.74, 6) is 0.753. The minimum atomic E-state index is 0.722. The SMILES string of the molecule is CCC(CNCC(C)C)N1CCCN(C)CC1. The first-order chi connectivity index (χ1) is 8.13. The Labute approximate surface area is 108 Å². The molecule has 1 N–H and O–H groups in total. The van der Waals surface area contributed by atoms with E-state index in [1.54, 1.807) is 0 Å². The van der Waals surface area contributed by atoms with Crippen LogP contribution < -0.4 is 5.32 Å². The first-order valence-corrected chi connectivity index (χ1v) is 7.26. The van der Waals surface area contributed by atoms with E-state index in [9.17, 15) is 0 Å². The second-order valence-electron chi connectivity index (χ2n) is 5.81. The van der Waals surface area contributed by atoms with Crippen LogP contribution in [-0.4, -0.2) is 62.2 Å². The summed E-state index contributed by atoms with van der Waals surface area (Å²) in [7, 11) is 2.24. The topological polar surface area (TPSA) is 18.5 Å². The van der Waals surface area contributed by atoms with E-state index in [4.69, 9.17) is 0 Å². The number of nitrogens with one attached hydrogen (secondary N) is 1. The lowest BCUT2D eigenvalue weighted by Crippen LogP contribution is -2.44. The lowest BCUT2D eigenvalue weighted by atomic mass is 10.1. The zero-order valence-electron chi connectivity index (χ0n) is 12.2. The Morgan fingerprint density at radius 3 is 2.47 bits per heavy atom. The molecule has 1 aliphatic heterocycles. The molecule has 102 valence electrons. The molecule has 0 bridgehead atoms. The van der Waals surface area contributed by atoms with Crippen LogP contribution in [0.3, 0.4) is 0 Å². The van der Waals surface area contributed by atoms with Gasteiger partial charge in [-0.1, -0.05) is 20.8 Å². The molecule has 1 atom stereocenters. The summed E-state index contributed by atoms with van der Waals surface area (Å²) in [6.07, 6.45) is 2.58. The fraction of sp³-hybridized carbons (Fsp3) is 1.00. The van der Waals surface area contributed by atoms with Crippen LogP contribution in [0.2, 0.25) is 0 Å². The zero-order valence-corrected chi connectivity index (χ0v) is 12.2. The van der Waals surface area contributed by atoms with Crippen LogP contribution in [0.1, 0.15) is 33.6 Å². The molecule has 3 nitrogen and oxygen atoms in total. The van der Waals surface area contributed by atoms with Crippen LogP contribution in [0.15, 0.2) is 0 Å². The van der Waals surface area contributed by atoms with Crippen LogP contribution in [0.4, 0.5) is 0 Å². The standard InChI is InChI=1S/C14H31N3/c1-5-14(12-15-11-13(2)3)17-8-6-7-16(4)9-10-17/h13-15H,5-12H2,1-4H3. The molecule has 0 amide bonds. The van der Waals surface area contributed by atoms with E-state index in [-0.39, 0.29) is 0 Å². The number of likely N-dealkylation sites (N-methyl/N-ethyl adjacent to an activating group) is 1. The largest absolute Gasteiger partial charge is 0.315 e. The summed E-state index contributed by atoms with van der Waals surface area (Å²) in [5, 5.41) is 3.61.